The summed E-state index contributed by atoms with van der Waals surface area (Å²) in [6.07, 6.45) is 2.47. The lowest BCUT2D eigenvalue weighted by molar-refractivity contribution is -0.890. The average Bonchev–Trinajstić information content (AvgIpc) is 2.27. The highest BCUT2D eigenvalue weighted by Gasteiger charge is 2.14. The fourth-order valence-corrected chi connectivity index (χ4v) is 1.69. The van der Waals surface area contributed by atoms with Crippen LogP contribution in [0.25, 0.3) is 0 Å². The van der Waals surface area contributed by atoms with E-state index in [2.05, 4.69) is 20.7 Å². The van der Waals surface area contributed by atoms with Crippen LogP contribution in [-0.2, 0) is 14.3 Å². The minimum absolute atomic E-state index is 0.109. The molecule has 110 valence electrons. The van der Waals surface area contributed by atoms with Crippen LogP contribution in [0.4, 0.5) is 0 Å². The molecule has 5 nitrogen and oxygen atoms in total. The number of nitrogens with zero attached hydrogens (tertiary/aromatic N) is 1. The van der Waals surface area contributed by atoms with Crippen LogP contribution >= 0.6 is 0 Å². The molecule has 0 saturated carbocycles. The minimum Gasteiger partial charge on any atom is -0.550 e. The van der Waals surface area contributed by atoms with Crippen LogP contribution in [0.3, 0.4) is 0 Å². The van der Waals surface area contributed by atoms with Crippen LogP contribution in [-0.4, -0.2) is 50.2 Å². The molecule has 0 aromatic carbocycles. The van der Waals surface area contributed by atoms with Gasteiger partial charge in [0.15, 0.2) is 0 Å². The second kappa shape index (κ2) is 8.69. The monoisotopic (exact) mass is 271 g/mol. The Kier molecular flexibility index (Phi) is 8.07. The lowest BCUT2D eigenvalue weighted by Gasteiger charge is -2.30. The van der Waals surface area contributed by atoms with Crippen molar-refractivity contribution < 1.29 is 23.9 Å². The molecule has 0 saturated heterocycles. The Hall–Kier alpha value is -1.36. The van der Waals surface area contributed by atoms with Crippen LogP contribution in [0.1, 0.15) is 32.6 Å². The van der Waals surface area contributed by atoms with Crippen molar-refractivity contribution in [3.63, 3.8) is 0 Å². The third-order valence-corrected chi connectivity index (χ3v) is 2.88. The van der Waals surface area contributed by atoms with Gasteiger partial charge >= 0.3 is 5.97 Å². The maximum absolute atomic E-state index is 11.1. The van der Waals surface area contributed by atoms with E-state index in [0.29, 0.717) is 18.6 Å². The van der Waals surface area contributed by atoms with Gasteiger partial charge in [0.2, 0.25) is 0 Å². The molecule has 0 spiro atoms. The summed E-state index contributed by atoms with van der Waals surface area (Å²) in [5, 5.41) is 10.3. The lowest BCUT2D eigenvalue weighted by atomic mass is 10.2. The first kappa shape index (κ1) is 17.6. The molecule has 0 aliphatic rings. The molecule has 0 rings (SSSR count). The van der Waals surface area contributed by atoms with E-state index in [1.54, 1.807) is 6.92 Å². The van der Waals surface area contributed by atoms with Gasteiger partial charge in [-0.2, -0.15) is 0 Å². The second-order valence-corrected chi connectivity index (χ2v) is 5.48. The Morgan fingerprint density at radius 1 is 1.16 bits per heavy atom. The molecule has 19 heavy (non-hydrogen) atoms. The highest BCUT2D eigenvalue weighted by Crippen LogP contribution is 2.05. The maximum Gasteiger partial charge on any atom is 0.333 e. The minimum atomic E-state index is -0.994. The van der Waals surface area contributed by atoms with Gasteiger partial charge in [0.25, 0.3) is 0 Å². The number of aliphatic carboxylic acids is 1. The van der Waals surface area contributed by atoms with Gasteiger partial charge in [-0.25, -0.2) is 4.79 Å². The fraction of sp³-hybridized carbons (Fsp3) is 0.714. The predicted molar refractivity (Wildman–Crippen MR) is 71.1 cm³/mol. The van der Waals surface area contributed by atoms with E-state index in [0.717, 1.165) is 30.4 Å². The Balaban J connectivity index is 3.66. The van der Waals surface area contributed by atoms with E-state index in [9.17, 15) is 14.7 Å². The molecule has 0 atom stereocenters. The molecule has 5 heteroatoms. The number of carboxylic acid groups (broad SMARTS) is 1. The highest BCUT2D eigenvalue weighted by molar-refractivity contribution is 5.86. The van der Waals surface area contributed by atoms with Crippen LogP contribution in [0, 0.1) is 0 Å². The van der Waals surface area contributed by atoms with Crippen molar-refractivity contribution in [2.45, 2.75) is 32.6 Å². The summed E-state index contributed by atoms with van der Waals surface area (Å²) in [4.78, 5) is 21.5. The number of ether oxygens (including phenoxy) is 1. The number of hydrogen-bond donors (Lipinski definition) is 0. The van der Waals surface area contributed by atoms with E-state index < -0.39 is 5.97 Å². The van der Waals surface area contributed by atoms with Gasteiger partial charge in [0, 0.05) is 18.0 Å². The molecule has 0 fully saturated rings. The second-order valence-electron chi connectivity index (χ2n) is 5.48. The van der Waals surface area contributed by atoms with Crippen molar-refractivity contribution in [1.82, 2.24) is 0 Å². The van der Waals surface area contributed by atoms with Crippen molar-refractivity contribution in [2.75, 3.05) is 33.8 Å². The van der Waals surface area contributed by atoms with E-state index in [1.807, 2.05) is 0 Å². The quantitative estimate of drug-likeness (QED) is 0.251. The first-order valence-electron chi connectivity index (χ1n) is 6.59. The van der Waals surface area contributed by atoms with E-state index in [4.69, 9.17) is 4.74 Å². The third-order valence-electron chi connectivity index (χ3n) is 2.88. The van der Waals surface area contributed by atoms with Crippen molar-refractivity contribution >= 4 is 11.9 Å². The van der Waals surface area contributed by atoms with Crippen molar-refractivity contribution in [3.8, 4) is 0 Å². The third kappa shape index (κ3) is 10.3. The number of carbonyl (C=O) groups is 2. The van der Waals surface area contributed by atoms with E-state index in [-0.39, 0.29) is 12.4 Å². The van der Waals surface area contributed by atoms with E-state index in [1.165, 1.54) is 0 Å². The van der Waals surface area contributed by atoms with Gasteiger partial charge in [0.1, 0.15) is 0 Å². The zero-order valence-corrected chi connectivity index (χ0v) is 12.2. The summed E-state index contributed by atoms with van der Waals surface area (Å²) in [5.41, 5.74) is 0.415. The van der Waals surface area contributed by atoms with Crippen LogP contribution in [0.5, 0.6) is 0 Å². The summed E-state index contributed by atoms with van der Waals surface area (Å²) in [7, 11) is 4.13. The first-order chi connectivity index (χ1) is 8.74. The number of hydrogen-bond acceptors (Lipinski definition) is 4. The van der Waals surface area contributed by atoms with Gasteiger partial charge in [0.05, 0.1) is 33.8 Å². The Morgan fingerprint density at radius 3 is 2.26 bits per heavy atom. The molecule has 0 amide bonds. The molecule has 0 radical (unpaired) electrons. The summed E-state index contributed by atoms with van der Waals surface area (Å²) in [6.45, 7) is 7.28. The molecular weight excluding hydrogens is 246 g/mol. The van der Waals surface area contributed by atoms with Crippen LogP contribution in [0.15, 0.2) is 12.2 Å². The molecular formula is C14H25NO4. The first-order valence-corrected chi connectivity index (χ1v) is 6.59. The molecule has 0 aromatic rings. The Labute approximate surface area is 115 Å². The fourth-order valence-electron chi connectivity index (χ4n) is 1.69. The standard InChI is InChI=1S/C14H25NO4/c1-12(2)14(18)19-11-6-5-9-15(3,4)10-7-8-13(16)17/h1,5-11H2,2-4H3. The van der Waals surface area contributed by atoms with Crippen molar-refractivity contribution in [2.24, 2.45) is 0 Å². The maximum atomic E-state index is 11.1. The summed E-state index contributed by atoms with van der Waals surface area (Å²) >= 11 is 0. The Morgan fingerprint density at radius 2 is 1.74 bits per heavy atom. The Bertz CT molecular complexity index is 323. The number of unbranched alkanes of at least 4 members (excludes halogenated alkanes) is 1. The molecule has 0 heterocycles. The number of carboxylic acids is 1. The smallest absolute Gasteiger partial charge is 0.333 e. The molecule has 0 N–H and O–H groups in total. The van der Waals surface area contributed by atoms with Gasteiger partial charge in [-0.05, 0) is 26.2 Å². The number of carbonyl (C=O) groups excluding carboxylic acids is 2. The zero-order valence-electron chi connectivity index (χ0n) is 12.2. The van der Waals surface area contributed by atoms with Gasteiger partial charge in [-0.15, -0.1) is 0 Å². The lowest BCUT2D eigenvalue weighted by Crippen LogP contribution is -2.41. The van der Waals surface area contributed by atoms with Crippen molar-refractivity contribution in [3.05, 3.63) is 12.2 Å². The average molecular weight is 271 g/mol. The van der Waals surface area contributed by atoms with Gasteiger partial charge in [-0.1, -0.05) is 6.58 Å². The van der Waals surface area contributed by atoms with Crippen molar-refractivity contribution in [1.29, 1.82) is 0 Å². The number of rotatable bonds is 10. The van der Waals surface area contributed by atoms with Gasteiger partial charge < -0.3 is 19.1 Å². The molecule has 0 bridgehead atoms. The topological polar surface area (TPSA) is 66.4 Å². The van der Waals surface area contributed by atoms with Gasteiger partial charge in [-0.3, -0.25) is 0 Å². The normalized spacial score (nSPS) is 11.1. The summed E-state index contributed by atoms with van der Waals surface area (Å²) in [6, 6.07) is 0. The summed E-state index contributed by atoms with van der Waals surface area (Å²) in [5.74, 6) is -1.34. The zero-order chi connectivity index (χ0) is 14.9. The SMILES string of the molecule is C=C(C)C(=O)OCCCC[N+](C)(C)CCCC(=O)[O-]. The number of quaternary nitrogens is 1. The molecule has 0 unspecified atom stereocenters. The van der Waals surface area contributed by atoms with Crippen LogP contribution in [0.2, 0.25) is 0 Å². The number of esters is 1. The van der Waals surface area contributed by atoms with E-state index >= 15 is 0 Å². The molecule has 0 aromatic heterocycles. The largest absolute Gasteiger partial charge is 0.550 e. The summed E-state index contributed by atoms with van der Waals surface area (Å²) < 4.78 is 5.76. The van der Waals surface area contributed by atoms with Crippen LogP contribution < -0.4 is 5.11 Å². The molecule has 0 aliphatic carbocycles. The molecule has 0 aliphatic heterocycles. The predicted octanol–water partition coefficient (Wildman–Crippen LogP) is 0.492. The highest BCUT2D eigenvalue weighted by atomic mass is 16.5.